The lowest BCUT2D eigenvalue weighted by Crippen LogP contribution is -2.31. The predicted octanol–water partition coefficient (Wildman–Crippen LogP) is 4.49. The standard InChI is InChI=1S/C19H23F3N4O/c1-4-23-18-24-16(12(2)3)10-17(25-18)26-8-7-13-5-6-15(9-14(13)11-26)27-19(20,21)22/h5-6,9-10,12H,4,7-8,11H2,1-3H3,(H,23,24,25). The Balaban J connectivity index is 1.87. The summed E-state index contributed by atoms with van der Waals surface area (Å²) in [7, 11) is 0. The molecule has 1 aromatic carbocycles. The van der Waals surface area contributed by atoms with E-state index in [0.717, 1.165) is 35.6 Å². The fraction of sp³-hybridized carbons (Fsp3) is 0.474. The molecule has 1 aromatic heterocycles. The third-order valence-electron chi connectivity index (χ3n) is 4.41. The summed E-state index contributed by atoms with van der Waals surface area (Å²) in [6.45, 7) is 8.03. The number of anilines is 2. The van der Waals surface area contributed by atoms with Gasteiger partial charge in [0.05, 0.1) is 5.69 Å². The maximum absolute atomic E-state index is 12.5. The number of ether oxygens (including phenoxy) is 1. The number of halogens is 3. The molecule has 0 atom stereocenters. The van der Waals surface area contributed by atoms with Gasteiger partial charge in [0.2, 0.25) is 5.95 Å². The minimum absolute atomic E-state index is 0.193. The lowest BCUT2D eigenvalue weighted by Gasteiger charge is -2.30. The highest BCUT2D eigenvalue weighted by molar-refractivity contribution is 5.49. The van der Waals surface area contributed by atoms with Crippen molar-refractivity contribution in [2.45, 2.75) is 46.0 Å². The summed E-state index contributed by atoms with van der Waals surface area (Å²) in [5.74, 6) is 1.39. The van der Waals surface area contributed by atoms with E-state index in [-0.39, 0.29) is 11.7 Å². The third-order valence-corrected chi connectivity index (χ3v) is 4.41. The number of hydrogen-bond donors (Lipinski definition) is 1. The van der Waals surface area contributed by atoms with Crippen LogP contribution in [-0.2, 0) is 13.0 Å². The molecule has 0 saturated carbocycles. The second-order valence-corrected chi connectivity index (χ2v) is 6.81. The summed E-state index contributed by atoms with van der Waals surface area (Å²) >= 11 is 0. The maximum Gasteiger partial charge on any atom is 0.573 e. The predicted molar refractivity (Wildman–Crippen MR) is 98.2 cm³/mol. The number of rotatable bonds is 5. The van der Waals surface area contributed by atoms with Crippen LogP contribution >= 0.6 is 0 Å². The molecule has 1 N–H and O–H groups in total. The first-order valence-electron chi connectivity index (χ1n) is 9.00. The third kappa shape index (κ3) is 4.81. The van der Waals surface area contributed by atoms with Crippen LogP contribution in [0, 0.1) is 0 Å². The molecule has 0 aliphatic carbocycles. The van der Waals surface area contributed by atoms with Gasteiger partial charge in [-0.2, -0.15) is 4.98 Å². The van der Waals surface area contributed by atoms with Crippen LogP contribution < -0.4 is 15.0 Å². The van der Waals surface area contributed by atoms with E-state index in [2.05, 4.69) is 38.8 Å². The number of nitrogens with one attached hydrogen (secondary N) is 1. The van der Waals surface area contributed by atoms with Crippen molar-refractivity contribution < 1.29 is 17.9 Å². The quantitative estimate of drug-likeness (QED) is 0.828. The van der Waals surface area contributed by atoms with Crippen molar-refractivity contribution in [2.75, 3.05) is 23.3 Å². The highest BCUT2D eigenvalue weighted by Gasteiger charge is 2.31. The zero-order valence-electron chi connectivity index (χ0n) is 15.6. The van der Waals surface area contributed by atoms with Crippen LogP contribution in [0.5, 0.6) is 5.75 Å². The van der Waals surface area contributed by atoms with Gasteiger partial charge in [0.15, 0.2) is 0 Å². The number of hydrogen-bond acceptors (Lipinski definition) is 5. The van der Waals surface area contributed by atoms with Gasteiger partial charge in [0.1, 0.15) is 11.6 Å². The van der Waals surface area contributed by atoms with Crippen LogP contribution in [0.2, 0.25) is 0 Å². The molecule has 1 aliphatic rings. The highest BCUT2D eigenvalue weighted by atomic mass is 19.4. The molecule has 5 nitrogen and oxygen atoms in total. The molecule has 1 aliphatic heterocycles. The molecule has 146 valence electrons. The molecular formula is C19H23F3N4O. The first-order chi connectivity index (χ1) is 12.7. The zero-order valence-corrected chi connectivity index (χ0v) is 15.6. The van der Waals surface area contributed by atoms with Crippen molar-refractivity contribution in [2.24, 2.45) is 0 Å². The van der Waals surface area contributed by atoms with E-state index >= 15 is 0 Å². The molecular weight excluding hydrogens is 357 g/mol. The summed E-state index contributed by atoms with van der Waals surface area (Å²) in [4.78, 5) is 11.2. The lowest BCUT2D eigenvalue weighted by atomic mass is 9.99. The monoisotopic (exact) mass is 380 g/mol. The van der Waals surface area contributed by atoms with E-state index in [4.69, 9.17) is 0 Å². The first kappa shape index (κ1) is 19.3. The van der Waals surface area contributed by atoms with Crippen LogP contribution in [-0.4, -0.2) is 29.4 Å². The van der Waals surface area contributed by atoms with Crippen molar-refractivity contribution in [3.8, 4) is 5.75 Å². The van der Waals surface area contributed by atoms with Gasteiger partial charge in [0, 0.05) is 25.7 Å². The molecule has 2 heterocycles. The molecule has 2 aromatic rings. The SMILES string of the molecule is CCNc1nc(C(C)C)cc(N2CCc3ccc(OC(F)(F)F)cc3C2)n1. The van der Waals surface area contributed by atoms with E-state index in [1.807, 2.05) is 13.0 Å². The van der Waals surface area contributed by atoms with Crippen molar-refractivity contribution in [3.05, 3.63) is 41.1 Å². The highest BCUT2D eigenvalue weighted by Crippen LogP contribution is 2.30. The van der Waals surface area contributed by atoms with Gasteiger partial charge in [0.25, 0.3) is 0 Å². The number of aromatic nitrogens is 2. The van der Waals surface area contributed by atoms with Gasteiger partial charge < -0.3 is 15.0 Å². The lowest BCUT2D eigenvalue weighted by molar-refractivity contribution is -0.274. The summed E-state index contributed by atoms with van der Waals surface area (Å²) in [5.41, 5.74) is 2.78. The Bertz CT molecular complexity index is 808. The van der Waals surface area contributed by atoms with Gasteiger partial charge >= 0.3 is 6.36 Å². The van der Waals surface area contributed by atoms with Crippen LogP contribution in [0.4, 0.5) is 24.9 Å². The number of benzene rings is 1. The summed E-state index contributed by atoms with van der Waals surface area (Å²) in [6, 6.07) is 6.49. The van der Waals surface area contributed by atoms with E-state index < -0.39 is 6.36 Å². The Kier molecular flexibility index (Phi) is 5.43. The van der Waals surface area contributed by atoms with E-state index in [1.165, 1.54) is 12.1 Å². The smallest absolute Gasteiger partial charge is 0.406 e. The molecule has 3 rings (SSSR count). The summed E-state index contributed by atoms with van der Waals surface area (Å²) in [5, 5.41) is 3.14. The molecule has 0 unspecified atom stereocenters. The topological polar surface area (TPSA) is 50.3 Å². The van der Waals surface area contributed by atoms with Gasteiger partial charge in [-0.1, -0.05) is 19.9 Å². The summed E-state index contributed by atoms with van der Waals surface area (Å²) in [6.07, 6.45) is -3.96. The largest absolute Gasteiger partial charge is 0.573 e. The second kappa shape index (κ2) is 7.62. The van der Waals surface area contributed by atoms with Crippen molar-refractivity contribution in [3.63, 3.8) is 0 Å². The van der Waals surface area contributed by atoms with Crippen LogP contribution in [0.25, 0.3) is 0 Å². The first-order valence-corrected chi connectivity index (χ1v) is 9.00. The average Bonchev–Trinajstić information content (AvgIpc) is 2.59. The Hall–Kier alpha value is -2.51. The van der Waals surface area contributed by atoms with E-state index in [9.17, 15) is 13.2 Å². The van der Waals surface area contributed by atoms with E-state index in [0.29, 0.717) is 19.0 Å². The molecule has 0 fully saturated rings. The average molecular weight is 380 g/mol. The van der Waals surface area contributed by atoms with Gasteiger partial charge in [-0.05, 0) is 42.5 Å². The fourth-order valence-corrected chi connectivity index (χ4v) is 3.07. The molecule has 8 heteroatoms. The van der Waals surface area contributed by atoms with Crippen LogP contribution in [0.3, 0.4) is 0 Å². The normalized spacial score (nSPS) is 14.3. The molecule has 27 heavy (non-hydrogen) atoms. The second-order valence-electron chi connectivity index (χ2n) is 6.81. The minimum Gasteiger partial charge on any atom is -0.406 e. The molecule has 0 radical (unpaired) electrons. The van der Waals surface area contributed by atoms with Crippen molar-refractivity contribution >= 4 is 11.8 Å². The Morgan fingerprint density at radius 2 is 1.96 bits per heavy atom. The molecule has 0 bridgehead atoms. The van der Waals surface area contributed by atoms with Crippen LogP contribution in [0.1, 0.15) is 43.5 Å². The molecule has 0 amide bonds. The molecule has 0 saturated heterocycles. The Morgan fingerprint density at radius 3 is 2.63 bits per heavy atom. The zero-order chi connectivity index (χ0) is 19.6. The Labute approximate surface area is 156 Å². The van der Waals surface area contributed by atoms with Crippen molar-refractivity contribution in [1.29, 1.82) is 0 Å². The number of fused-ring (bicyclic) bond motifs is 1. The minimum atomic E-state index is -4.69. The number of nitrogens with zero attached hydrogens (tertiary/aromatic N) is 3. The van der Waals surface area contributed by atoms with Gasteiger partial charge in [-0.15, -0.1) is 13.2 Å². The van der Waals surface area contributed by atoms with Gasteiger partial charge in [-0.3, -0.25) is 0 Å². The summed E-state index contributed by atoms with van der Waals surface area (Å²) < 4.78 is 41.5. The number of alkyl halides is 3. The Morgan fingerprint density at radius 1 is 1.19 bits per heavy atom. The van der Waals surface area contributed by atoms with Gasteiger partial charge in [-0.25, -0.2) is 4.98 Å². The van der Waals surface area contributed by atoms with E-state index in [1.54, 1.807) is 6.07 Å². The van der Waals surface area contributed by atoms with Crippen LogP contribution in [0.15, 0.2) is 24.3 Å². The molecule has 0 spiro atoms. The van der Waals surface area contributed by atoms with Crippen molar-refractivity contribution in [1.82, 2.24) is 9.97 Å². The fourth-order valence-electron chi connectivity index (χ4n) is 3.07. The maximum atomic E-state index is 12.5.